The first-order chi connectivity index (χ1) is 10.6. The van der Waals surface area contributed by atoms with Crippen molar-refractivity contribution in [3.63, 3.8) is 0 Å². The zero-order chi connectivity index (χ0) is 15.5. The second-order valence-electron chi connectivity index (χ2n) is 4.86. The minimum atomic E-state index is -0.220. The van der Waals surface area contributed by atoms with Crippen molar-refractivity contribution >= 4 is 5.91 Å². The van der Waals surface area contributed by atoms with Crippen LogP contribution in [0.2, 0.25) is 0 Å². The van der Waals surface area contributed by atoms with Crippen LogP contribution in [-0.4, -0.2) is 25.8 Å². The third-order valence-corrected chi connectivity index (χ3v) is 3.36. The number of nitrogens with one attached hydrogen (secondary N) is 1. The van der Waals surface area contributed by atoms with E-state index >= 15 is 0 Å². The average Bonchev–Trinajstić information content (AvgIpc) is 3.12. The maximum atomic E-state index is 12.0. The van der Waals surface area contributed by atoms with Crippen LogP contribution in [0.1, 0.15) is 21.8 Å². The lowest BCUT2D eigenvalue weighted by Crippen LogP contribution is -2.24. The number of carbonyl (C=O) groups is 1. The molecule has 0 aromatic carbocycles. The largest absolute Gasteiger partial charge is 0.361 e. The third-order valence-electron chi connectivity index (χ3n) is 3.36. The molecule has 0 bridgehead atoms. The van der Waals surface area contributed by atoms with Crippen molar-refractivity contribution in [2.75, 3.05) is 0 Å². The predicted octanol–water partition coefficient (Wildman–Crippen LogP) is 1.71. The summed E-state index contributed by atoms with van der Waals surface area (Å²) in [5, 5.41) is 10.9. The van der Waals surface area contributed by atoms with Crippen molar-refractivity contribution in [3.05, 3.63) is 53.8 Å². The van der Waals surface area contributed by atoms with Crippen LogP contribution in [0.5, 0.6) is 0 Å². The van der Waals surface area contributed by atoms with E-state index in [4.69, 9.17) is 4.52 Å². The van der Waals surface area contributed by atoms with Gasteiger partial charge in [-0.25, -0.2) is 0 Å². The van der Waals surface area contributed by atoms with Crippen LogP contribution >= 0.6 is 0 Å². The number of carbonyl (C=O) groups excluding carboxylic acids is 1. The van der Waals surface area contributed by atoms with Gasteiger partial charge in [0.05, 0.1) is 24.1 Å². The molecule has 0 aliphatic heterocycles. The van der Waals surface area contributed by atoms with Gasteiger partial charge in [-0.3, -0.25) is 14.5 Å². The summed E-state index contributed by atoms with van der Waals surface area (Å²) in [5.41, 5.74) is 3.09. The van der Waals surface area contributed by atoms with E-state index in [1.807, 2.05) is 25.2 Å². The first kappa shape index (κ1) is 14.0. The number of hydrogen-bond donors (Lipinski definition) is 1. The molecule has 112 valence electrons. The number of pyridine rings is 1. The van der Waals surface area contributed by atoms with E-state index in [9.17, 15) is 4.79 Å². The van der Waals surface area contributed by atoms with Gasteiger partial charge in [0, 0.05) is 25.0 Å². The smallest absolute Gasteiger partial charge is 0.256 e. The van der Waals surface area contributed by atoms with Crippen molar-refractivity contribution in [1.82, 2.24) is 25.2 Å². The Morgan fingerprint density at radius 1 is 1.41 bits per heavy atom. The number of aromatic nitrogens is 4. The van der Waals surface area contributed by atoms with Crippen LogP contribution in [0.15, 0.2) is 41.3 Å². The Morgan fingerprint density at radius 2 is 2.27 bits per heavy atom. The molecule has 0 radical (unpaired) electrons. The van der Waals surface area contributed by atoms with Gasteiger partial charge in [0.2, 0.25) is 0 Å². The maximum Gasteiger partial charge on any atom is 0.256 e. The Bertz CT molecular complexity index is 791. The summed E-state index contributed by atoms with van der Waals surface area (Å²) >= 11 is 0. The van der Waals surface area contributed by atoms with Gasteiger partial charge in [0.1, 0.15) is 11.3 Å². The molecule has 3 aromatic rings. The molecule has 1 N–H and O–H groups in total. The van der Waals surface area contributed by atoms with E-state index in [1.54, 1.807) is 24.0 Å². The Labute approximate surface area is 127 Å². The molecule has 0 fully saturated rings. The summed E-state index contributed by atoms with van der Waals surface area (Å²) in [7, 11) is 1.84. The van der Waals surface area contributed by atoms with E-state index in [2.05, 4.69) is 20.6 Å². The highest BCUT2D eigenvalue weighted by Crippen LogP contribution is 2.17. The summed E-state index contributed by atoms with van der Waals surface area (Å²) in [5.74, 6) is 0.279. The van der Waals surface area contributed by atoms with Crippen molar-refractivity contribution in [3.8, 4) is 11.3 Å². The Kier molecular flexibility index (Phi) is 3.69. The summed E-state index contributed by atoms with van der Waals surface area (Å²) in [6, 6.07) is 5.73. The lowest BCUT2D eigenvalue weighted by Gasteiger charge is -2.03. The highest BCUT2D eigenvalue weighted by atomic mass is 16.5. The molecule has 0 spiro atoms. The molecule has 3 aromatic heterocycles. The molecule has 22 heavy (non-hydrogen) atoms. The number of hydrogen-bond acceptors (Lipinski definition) is 5. The van der Waals surface area contributed by atoms with Crippen molar-refractivity contribution in [2.45, 2.75) is 13.5 Å². The number of amides is 1. The molecular formula is C15H15N5O2. The number of aryl methyl sites for hydroxylation is 2. The maximum absolute atomic E-state index is 12.0. The molecule has 1 amide bonds. The molecule has 3 rings (SSSR count). The van der Waals surface area contributed by atoms with Crippen molar-refractivity contribution in [1.29, 1.82) is 0 Å². The minimum Gasteiger partial charge on any atom is -0.361 e. The minimum absolute atomic E-state index is 0.220. The normalized spacial score (nSPS) is 10.6. The molecule has 0 aliphatic carbocycles. The van der Waals surface area contributed by atoms with Crippen molar-refractivity contribution in [2.24, 2.45) is 7.05 Å². The van der Waals surface area contributed by atoms with Gasteiger partial charge in [-0.2, -0.15) is 5.10 Å². The van der Waals surface area contributed by atoms with Crippen LogP contribution in [0, 0.1) is 6.92 Å². The fourth-order valence-electron chi connectivity index (χ4n) is 2.11. The van der Waals surface area contributed by atoms with Gasteiger partial charge < -0.3 is 9.84 Å². The molecule has 7 nitrogen and oxygen atoms in total. The van der Waals surface area contributed by atoms with E-state index in [0.29, 0.717) is 17.9 Å². The lowest BCUT2D eigenvalue weighted by atomic mass is 10.2. The molecule has 0 aliphatic rings. The topological polar surface area (TPSA) is 85.8 Å². The molecule has 0 atom stereocenters. The SMILES string of the molecule is Cc1oncc1C(=O)NCc1cc(-c2cccnc2)nn1C. The third kappa shape index (κ3) is 2.73. The molecule has 7 heteroatoms. The number of rotatable bonds is 4. The predicted molar refractivity (Wildman–Crippen MR) is 78.8 cm³/mol. The van der Waals surface area contributed by atoms with Crippen LogP contribution in [0.3, 0.4) is 0 Å². The average molecular weight is 297 g/mol. The van der Waals surface area contributed by atoms with Crippen LogP contribution in [-0.2, 0) is 13.6 Å². The lowest BCUT2D eigenvalue weighted by molar-refractivity contribution is 0.0948. The quantitative estimate of drug-likeness (QED) is 0.792. The zero-order valence-corrected chi connectivity index (χ0v) is 12.3. The van der Waals surface area contributed by atoms with Gasteiger partial charge in [-0.1, -0.05) is 5.16 Å². The van der Waals surface area contributed by atoms with E-state index in [0.717, 1.165) is 17.0 Å². The summed E-state index contributed by atoms with van der Waals surface area (Å²) in [4.78, 5) is 16.1. The van der Waals surface area contributed by atoms with Gasteiger partial charge in [0.15, 0.2) is 0 Å². The zero-order valence-electron chi connectivity index (χ0n) is 12.3. The second-order valence-corrected chi connectivity index (χ2v) is 4.86. The van der Waals surface area contributed by atoms with E-state index in [1.165, 1.54) is 6.20 Å². The van der Waals surface area contributed by atoms with Gasteiger partial charge in [0.25, 0.3) is 5.91 Å². The standard InChI is InChI=1S/C15H15N5O2/c1-10-13(9-18-22-10)15(21)17-8-12-6-14(19-20(12)2)11-4-3-5-16-7-11/h3-7,9H,8H2,1-2H3,(H,17,21). The van der Waals surface area contributed by atoms with E-state index < -0.39 is 0 Å². The first-order valence-electron chi connectivity index (χ1n) is 6.78. The van der Waals surface area contributed by atoms with E-state index in [-0.39, 0.29) is 5.91 Å². The second kappa shape index (κ2) is 5.80. The van der Waals surface area contributed by atoms with Gasteiger partial charge >= 0.3 is 0 Å². The summed E-state index contributed by atoms with van der Waals surface area (Å²) in [6.07, 6.45) is 4.88. The molecular weight excluding hydrogens is 282 g/mol. The highest BCUT2D eigenvalue weighted by Gasteiger charge is 2.14. The molecule has 0 unspecified atom stereocenters. The Morgan fingerprint density at radius 3 is 2.95 bits per heavy atom. The van der Waals surface area contributed by atoms with Crippen LogP contribution in [0.25, 0.3) is 11.3 Å². The molecule has 0 saturated carbocycles. The fraction of sp³-hybridized carbons (Fsp3) is 0.200. The van der Waals surface area contributed by atoms with Gasteiger partial charge in [-0.15, -0.1) is 0 Å². The van der Waals surface area contributed by atoms with Crippen molar-refractivity contribution < 1.29 is 9.32 Å². The van der Waals surface area contributed by atoms with Gasteiger partial charge in [-0.05, 0) is 25.1 Å². The fourth-order valence-corrected chi connectivity index (χ4v) is 2.11. The molecule has 0 saturated heterocycles. The monoisotopic (exact) mass is 297 g/mol. The highest BCUT2D eigenvalue weighted by molar-refractivity contribution is 5.94. The first-order valence-corrected chi connectivity index (χ1v) is 6.78. The Balaban J connectivity index is 1.73. The summed E-state index contributed by atoms with van der Waals surface area (Å²) < 4.78 is 6.63. The molecule has 3 heterocycles. The Hall–Kier alpha value is -2.96. The van der Waals surface area contributed by atoms with Crippen LogP contribution < -0.4 is 5.32 Å². The summed E-state index contributed by atoms with van der Waals surface area (Å²) in [6.45, 7) is 2.07. The van der Waals surface area contributed by atoms with Crippen LogP contribution in [0.4, 0.5) is 0 Å². The number of nitrogens with zero attached hydrogens (tertiary/aromatic N) is 4.